The van der Waals surface area contributed by atoms with Gasteiger partial charge in [0, 0.05) is 11.3 Å². The zero-order chi connectivity index (χ0) is 15.5. The molecule has 0 aliphatic rings. The molecule has 0 radical (unpaired) electrons. The lowest BCUT2D eigenvalue weighted by Crippen LogP contribution is -2.15. The van der Waals surface area contributed by atoms with Crippen LogP contribution < -0.4 is 5.32 Å². The number of hydrogen-bond donors (Lipinski definition) is 1. The molecule has 110 valence electrons. The van der Waals surface area contributed by atoms with Gasteiger partial charge in [-0.2, -0.15) is 0 Å². The maximum atomic E-state index is 12.2. The van der Waals surface area contributed by atoms with Crippen molar-refractivity contribution in [1.82, 2.24) is 0 Å². The second kappa shape index (κ2) is 6.13. The number of carbonyl (C=O) groups excluding carboxylic acids is 1. The molecule has 2 heteroatoms. The van der Waals surface area contributed by atoms with E-state index < -0.39 is 0 Å². The lowest BCUT2D eigenvalue weighted by Gasteiger charge is -2.19. The number of benzene rings is 2. The van der Waals surface area contributed by atoms with Gasteiger partial charge in [0.15, 0.2) is 5.78 Å². The maximum Gasteiger partial charge on any atom is 0.181 e. The van der Waals surface area contributed by atoms with Gasteiger partial charge in [0.25, 0.3) is 0 Å². The molecule has 21 heavy (non-hydrogen) atoms. The van der Waals surface area contributed by atoms with Crippen LogP contribution in [0.3, 0.4) is 0 Å². The van der Waals surface area contributed by atoms with E-state index in [1.165, 1.54) is 11.1 Å². The maximum absolute atomic E-state index is 12.2. The molecule has 0 saturated carbocycles. The van der Waals surface area contributed by atoms with E-state index in [4.69, 9.17) is 0 Å². The highest BCUT2D eigenvalue weighted by atomic mass is 16.1. The smallest absolute Gasteiger partial charge is 0.181 e. The van der Waals surface area contributed by atoms with E-state index in [2.05, 4.69) is 26.1 Å². The minimum Gasteiger partial charge on any atom is -0.378 e. The standard InChI is InChI=1S/C19H23NO/c1-14-5-11-17(12-6-14)20-13-18(21)15-7-9-16(10-8-15)19(2,3)4/h5-12,20H,13H2,1-4H3. The van der Waals surface area contributed by atoms with Crippen molar-refractivity contribution in [2.24, 2.45) is 0 Å². The van der Waals surface area contributed by atoms with E-state index in [1.807, 2.05) is 55.5 Å². The molecule has 2 rings (SSSR count). The zero-order valence-electron chi connectivity index (χ0n) is 13.2. The summed E-state index contributed by atoms with van der Waals surface area (Å²) in [6, 6.07) is 16.0. The molecule has 2 aromatic rings. The van der Waals surface area contributed by atoms with Crippen LogP contribution in [0.5, 0.6) is 0 Å². The Morgan fingerprint density at radius 1 is 0.952 bits per heavy atom. The van der Waals surface area contributed by atoms with Gasteiger partial charge in [-0.15, -0.1) is 0 Å². The molecule has 2 nitrogen and oxygen atoms in total. The largest absolute Gasteiger partial charge is 0.378 e. The van der Waals surface area contributed by atoms with E-state index >= 15 is 0 Å². The predicted molar refractivity (Wildman–Crippen MR) is 89.1 cm³/mol. The van der Waals surface area contributed by atoms with Crippen molar-refractivity contribution in [3.8, 4) is 0 Å². The number of hydrogen-bond acceptors (Lipinski definition) is 2. The van der Waals surface area contributed by atoms with E-state index in [1.54, 1.807) is 0 Å². The quantitative estimate of drug-likeness (QED) is 0.831. The number of Topliss-reactive ketones (excluding diaryl/α,β-unsaturated/α-hetero) is 1. The van der Waals surface area contributed by atoms with Gasteiger partial charge < -0.3 is 5.32 Å². The average Bonchev–Trinajstić information content (AvgIpc) is 2.45. The number of carbonyl (C=O) groups is 1. The van der Waals surface area contributed by atoms with Crippen LogP contribution in [-0.4, -0.2) is 12.3 Å². The van der Waals surface area contributed by atoms with Crippen LogP contribution in [0.1, 0.15) is 42.3 Å². The van der Waals surface area contributed by atoms with Gasteiger partial charge >= 0.3 is 0 Å². The fourth-order valence-corrected chi connectivity index (χ4v) is 2.11. The summed E-state index contributed by atoms with van der Waals surface area (Å²) < 4.78 is 0. The highest BCUT2D eigenvalue weighted by molar-refractivity contribution is 5.99. The molecule has 0 fully saturated rings. The molecule has 1 N–H and O–H groups in total. The molecule has 2 aromatic carbocycles. The summed E-state index contributed by atoms with van der Waals surface area (Å²) in [6.07, 6.45) is 0. The van der Waals surface area contributed by atoms with E-state index in [0.29, 0.717) is 6.54 Å². The first-order valence-corrected chi connectivity index (χ1v) is 7.30. The van der Waals surface area contributed by atoms with Crippen molar-refractivity contribution < 1.29 is 4.79 Å². The molecule has 0 heterocycles. The van der Waals surface area contributed by atoms with Crippen LogP contribution in [0.4, 0.5) is 5.69 Å². The normalized spacial score (nSPS) is 11.2. The summed E-state index contributed by atoms with van der Waals surface area (Å²) in [6.45, 7) is 8.87. The third-order valence-corrected chi connectivity index (χ3v) is 3.58. The van der Waals surface area contributed by atoms with Crippen molar-refractivity contribution in [2.75, 3.05) is 11.9 Å². The molecule has 0 amide bonds. The Labute approximate surface area is 127 Å². The van der Waals surface area contributed by atoms with Gasteiger partial charge in [-0.1, -0.05) is 62.7 Å². The highest BCUT2D eigenvalue weighted by Crippen LogP contribution is 2.22. The van der Waals surface area contributed by atoms with Crippen molar-refractivity contribution in [3.63, 3.8) is 0 Å². The average molecular weight is 281 g/mol. The van der Waals surface area contributed by atoms with Crippen LogP contribution in [0.2, 0.25) is 0 Å². The van der Waals surface area contributed by atoms with Gasteiger partial charge in [-0.05, 0) is 30.0 Å². The van der Waals surface area contributed by atoms with E-state index in [0.717, 1.165) is 11.3 Å². The second-order valence-electron chi connectivity index (χ2n) is 6.47. The Bertz CT molecular complexity index is 604. The summed E-state index contributed by atoms with van der Waals surface area (Å²) in [7, 11) is 0. The molecule has 0 atom stereocenters. The minimum absolute atomic E-state index is 0.107. The predicted octanol–water partition coefficient (Wildman–Crippen LogP) is 4.59. The van der Waals surface area contributed by atoms with Crippen molar-refractivity contribution in [2.45, 2.75) is 33.1 Å². The molecular weight excluding hydrogens is 258 g/mol. The van der Waals surface area contributed by atoms with Crippen LogP contribution in [-0.2, 0) is 5.41 Å². The summed E-state index contributed by atoms with van der Waals surface area (Å²) in [5.74, 6) is 0.107. The van der Waals surface area contributed by atoms with E-state index in [9.17, 15) is 4.79 Å². The Morgan fingerprint density at radius 2 is 1.52 bits per heavy atom. The Kier molecular flexibility index (Phi) is 4.46. The molecule has 0 spiro atoms. The number of anilines is 1. The SMILES string of the molecule is Cc1ccc(NCC(=O)c2ccc(C(C)(C)C)cc2)cc1. The van der Waals surface area contributed by atoms with Crippen LogP contribution in [0.15, 0.2) is 48.5 Å². The fourth-order valence-electron chi connectivity index (χ4n) is 2.11. The van der Waals surface area contributed by atoms with Gasteiger partial charge in [-0.3, -0.25) is 4.79 Å². The molecule has 0 saturated heterocycles. The van der Waals surface area contributed by atoms with Crippen molar-refractivity contribution in [3.05, 3.63) is 65.2 Å². The lowest BCUT2D eigenvalue weighted by molar-refractivity contribution is 0.101. The molecule has 0 bridgehead atoms. The Hall–Kier alpha value is -2.09. The summed E-state index contributed by atoms with van der Waals surface area (Å²) in [5, 5.41) is 3.17. The highest BCUT2D eigenvalue weighted by Gasteiger charge is 2.14. The lowest BCUT2D eigenvalue weighted by atomic mass is 9.86. The van der Waals surface area contributed by atoms with E-state index in [-0.39, 0.29) is 11.2 Å². The minimum atomic E-state index is 0.107. The molecular formula is C19H23NO. The number of nitrogens with one attached hydrogen (secondary N) is 1. The molecule has 0 aromatic heterocycles. The van der Waals surface area contributed by atoms with Crippen LogP contribution >= 0.6 is 0 Å². The number of aryl methyl sites for hydroxylation is 1. The zero-order valence-corrected chi connectivity index (χ0v) is 13.2. The first kappa shape index (κ1) is 15.3. The molecule has 0 unspecified atom stereocenters. The van der Waals surface area contributed by atoms with Gasteiger partial charge in [0.2, 0.25) is 0 Å². The summed E-state index contributed by atoms with van der Waals surface area (Å²) >= 11 is 0. The molecule has 0 aliphatic carbocycles. The Morgan fingerprint density at radius 3 is 2.05 bits per heavy atom. The van der Waals surface area contributed by atoms with Crippen molar-refractivity contribution in [1.29, 1.82) is 0 Å². The van der Waals surface area contributed by atoms with Gasteiger partial charge in [0.1, 0.15) is 0 Å². The topological polar surface area (TPSA) is 29.1 Å². The number of rotatable bonds is 4. The van der Waals surface area contributed by atoms with Gasteiger partial charge in [-0.25, -0.2) is 0 Å². The molecule has 0 aliphatic heterocycles. The monoisotopic (exact) mass is 281 g/mol. The summed E-state index contributed by atoms with van der Waals surface area (Å²) in [4.78, 5) is 12.2. The summed E-state index contributed by atoms with van der Waals surface area (Å²) in [5.41, 5.74) is 4.29. The Balaban J connectivity index is 1.99. The third-order valence-electron chi connectivity index (χ3n) is 3.58. The van der Waals surface area contributed by atoms with Gasteiger partial charge in [0.05, 0.1) is 6.54 Å². The van der Waals surface area contributed by atoms with Crippen molar-refractivity contribution >= 4 is 11.5 Å². The number of ketones is 1. The third kappa shape index (κ3) is 4.19. The fraction of sp³-hybridized carbons (Fsp3) is 0.316. The van der Waals surface area contributed by atoms with Crippen LogP contribution in [0.25, 0.3) is 0 Å². The van der Waals surface area contributed by atoms with Crippen LogP contribution in [0, 0.1) is 6.92 Å². The first-order chi connectivity index (χ1) is 9.86. The second-order valence-corrected chi connectivity index (χ2v) is 6.47. The first-order valence-electron chi connectivity index (χ1n) is 7.30.